The van der Waals surface area contributed by atoms with Crippen LogP contribution in [0.4, 0.5) is 0 Å². The molecule has 2 aromatic carbocycles. The zero-order valence-corrected chi connectivity index (χ0v) is 18.9. The Labute approximate surface area is 187 Å². The second-order valence-electron chi connectivity index (χ2n) is 6.94. The van der Waals surface area contributed by atoms with Crippen molar-refractivity contribution in [1.29, 1.82) is 0 Å². The Balaban J connectivity index is 1.40. The molecule has 0 saturated heterocycles. The van der Waals surface area contributed by atoms with Crippen LogP contribution in [-0.4, -0.2) is 47.2 Å². The second-order valence-corrected chi connectivity index (χ2v) is 8.00. The fraction of sp³-hybridized carbons (Fsp3) is 0.348. The van der Waals surface area contributed by atoms with Crippen molar-refractivity contribution in [3.63, 3.8) is 0 Å². The third kappa shape index (κ3) is 6.24. The highest BCUT2D eigenvalue weighted by molar-refractivity contribution is 7.99. The summed E-state index contributed by atoms with van der Waals surface area (Å²) in [5.74, 6) is 3.10. The topological polar surface area (TPSA) is 78.3 Å². The number of ether oxygens (including phenoxy) is 2. The van der Waals surface area contributed by atoms with Gasteiger partial charge in [0.2, 0.25) is 5.91 Å². The van der Waals surface area contributed by atoms with E-state index in [-0.39, 0.29) is 5.91 Å². The molecule has 1 amide bonds. The molecule has 1 heterocycles. The van der Waals surface area contributed by atoms with Gasteiger partial charge in [-0.2, -0.15) is 0 Å². The lowest BCUT2D eigenvalue weighted by Gasteiger charge is -2.10. The normalized spacial score (nSPS) is 10.7. The average Bonchev–Trinajstić information content (AvgIpc) is 3.17. The van der Waals surface area contributed by atoms with Gasteiger partial charge in [-0.25, -0.2) is 0 Å². The molecule has 7 nitrogen and oxygen atoms in total. The predicted molar refractivity (Wildman–Crippen MR) is 122 cm³/mol. The number of nitrogens with one attached hydrogen (secondary N) is 1. The summed E-state index contributed by atoms with van der Waals surface area (Å²) in [6.07, 6.45) is 1.99. The number of aromatic nitrogens is 3. The maximum Gasteiger partial charge on any atom is 0.220 e. The van der Waals surface area contributed by atoms with Gasteiger partial charge in [0.1, 0.15) is 5.82 Å². The Morgan fingerprint density at radius 2 is 1.84 bits per heavy atom. The number of para-hydroxylation sites is 1. The lowest BCUT2D eigenvalue weighted by molar-refractivity contribution is -0.121. The largest absolute Gasteiger partial charge is 0.493 e. The van der Waals surface area contributed by atoms with E-state index in [9.17, 15) is 4.79 Å². The van der Waals surface area contributed by atoms with Gasteiger partial charge >= 0.3 is 0 Å². The summed E-state index contributed by atoms with van der Waals surface area (Å²) in [6, 6.07) is 15.8. The first-order chi connectivity index (χ1) is 15.1. The number of hydrogen-bond acceptors (Lipinski definition) is 6. The molecule has 164 valence electrons. The Morgan fingerprint density at radius 3 is 2.58 bits per heavy atom. The molecule has 31 heavy (non-hydrogen) atoms. The molecule has 0 fully saturated rings. The summed E-state index contributed by atoms with van der Waals surface area (Å²) in [4.78, 5) is 12.2. The number of hydrogen-bond donors (Lipinski definition) is 1. The lowest BCUT2D eigenvalue weighted by Crippen LogP contribution is -2.25. The minimum Gasteiger partial charge on any atom is -0.493 e. The van der Waals surface area contributed by atoms with Gasteiger partial charge in [-0.15, -0.1) is 10.2 Å². The maximum atomic E-state index is 12.2. The lowest BCUT2D eigenvalue weighted by atomic mass is 10.1. The summed E-state index contributed by atoms with van der Waals surface area (Å²) < 4.78 is 12.6. The standard InChI is InChI=1S/C23H28N4O3S/c1-17-25-26-23(27(17)19-8-5-4-6-9-19)31-15-7-10-22(28)24-14-13-18-11-12-20(29-2)21(16-18)30-3/h4-6,8-9,11-12,16H,7,10,13-15H2,1-3H3,(H,24,28). The van der Waals surface area contributed by atoms with E-state index in [0.717, 1.165) is 40.8 Å². The van der Waals surface area contributed by atoms with Crippen LogP contribution in [0.2, 0.25) is 0 Å². The summed E-state index contributed by atoms with van der Waals surface area (Å²) in [5.41, 5.74) is 2.13. The summed E-state index contributed by atoms with van der Waals surface area (Å²) in [7, 11) is 3.23. The third-order valence-electron chi connectivity index (χ3n) is 4.77. The van der Waals surface area contributed by atoms with E-state index in [0.29, 0.717) is 24.5 Å². The van der Waals surface area contributed by atoms with Gasteiger partial charge in [0.25, 0.3) is 0 Å². The van der Waals surface area contributed by atoms with Crippen LogP contribution in [0.5, 0.6) is 11.5 Å². The van der Waals surface area contributed by atoms with Crippen LogP contribution in [0.25, 0.3) is 5.69 Å². The van der Waals surface area contributed by atoms with Gasteiger partial charge in [0.05, 0.1) is 14.2 Å². The Kier molecular flexibility index (Phi) is 8.35. The first kappa shape index (κ1) is 22.7. The van der Waals surface area contributed by atoms with Crippen molar-refractivity contribution in [3.05, 3.63) is 59.9 Å². The van der Waals surface area contributed by atoms with Crippen LogP contribution in [0, 0.1) is 6.92 Å². The van der Waals surface area contributed by atoms with E-state index in [1.54, 1.807) is 26.0 Å². The predicted octanol–water partition coefficient (Wildman–Crippen LogP) is 3.82. The SMILES string of the molecule is COc1ccc(CCNC(=O)CCCSc2nnc(C)n2-c2ccccc2)cc1OC. The number of methoxy groups -OCH3 is 2. The molecule has 1 aromatic heterocycles. The smallest absolute Gasteiger partial charge is 0.220 e. The summed E-state index contributed by atoms with van der Waals surface area (Å²) >= 11 is 1.62. The minimum absolute atomic E-state index is 0.0572. The first-order valence-corrected chi connectivity index (χ1v) is 11.2. The number of carbonyl (C=O) groups is 1. The molecule has 8 heteroatoms. The van der Waals surface area contributed by atoms with Crippen LogP contribution < -0.4 is 14.8 Å². The van der Waals surface area contributed by atoms with Crippen LogP contribution in [-0.2, 0) is 11.2 Å². The van der Waals surface area contributed by atoms with E-state index in [2.05, 4.69) is 15.5 Å². The zero-order chi connectivity index (χ0) is 22.1. The van der Waals surface area contributed by atoms with Gasteiger partial charge in [-0.3, -0.25) is 9.36 Å². The quantitative estimate of drug-likeness (QED) is 0.361. The molecule has 0 atom stereocenters. The monoisotopic (exact) mass is 440 g/mol. The fourth-order valence-corrected chi connectivity index (χ4v) is 4.11. The Bertz CT molecular complexity index is 992. The van der Waals surface area contributed by atoms with E-state index in [1.165, 1.54) is 0 Å². The van der Waals surface area contributed by atoms with E-state index in [4.69, 9.17) is 9.47 Å². The van der Waals surface area contributed by atoms with Crippen molar-refractivity contribution in [2.45, 2.75) is 31.3 Å². The number of rotatable bonds is 11. The van der Waals surface area contributed by atoms with Gasteiger partial charge in [0.15, 0.2) is 16.7 Å². The molecule has 0 aliphatic heterocycles. The Morgan fingerprint density at radius 1 is 1.06 bits per heavy atom. The summed E-state index contributed by atoms with van der Waals surface area (Å²) in [5, 5.41) is 12.3. The molecular formula is C23H28N4O3S. The number of carbonyl (C=O) groups excluding carboxylic acids is 1. The number of nitrogens with zero attached hydrogens (tertiary/aromatic N) is 3. The number of amides is 1. The highest BCUT2D eigenvalue weighted by atomic mass is 32.2. The molecule has 0 bridgehead atoms. The van der Waals surface area contributed by atoms with Crippen molar-refractivity contribution in [2.75, 3.05) is 26.5 Å². The number of benzene rings is 2. The molecule has 0 unspecified atom stereocenters. The molecule has 0 spiro atoms. The van der Waals surface area contributed by atoms with Gasteiger partial charge < -0.3 is 14.8 Å². The van der Waals surface area contributed by atoms with Crippen molar-refractivity contribution < 1.29 is 14.3 Å². The number of thioether (sulfide) groups is 1. The molecule has 0 aliphatic rings. The van der Waals surface area contributed by atoms with Crippen molar-refractivity contribution in [1.82, 2.24) is 20.1 Å². The Hall–Kier alpha value is -3.00. The van der Waals surface area contributed by atoms with Crippen molar-refractivity contribution >= 4 is 17.7 Å². The number of aryl methyl sites for hydroxylation is 1. The molecular weight excluding hydrogens is 412 g/mol. The van der Waals surface area contributed by atoms with Crippen LogP contribution >= 0.6 is 11.8 Å². The first-order valence-electron chi connectivity index (χ1n) is 10.2. The maximum absolute atomic E-state index is 12.2. The average molecular weight is 441 g/mol. The van der Waals surface area contributed by atoms with Crippen LogP contribution in [0.3, 0.4) is 0 Å². The van der Waals surface area contributed by atoms with Crippen LogP contribution in [0.1, 0.15) is 24.2 Å². The minimum atomic E-state index is 0.0572. The fourth-order valence-electron chi connectivity index (χ4n) is 3.18. The van der Waals surface area contributed by atoms with Gasteiger partial charge in [-0.1, -0.05) is 36.0 Å². The highest BCUT2D eigenvalue weighted by Gasteiger charge is 2.11. The van der Waals surface area contributed by atoms with E-state index < -0.39 is 0 Å². The van der Waals surface area contributed by atoms with Gasteiger partial charge in [0, 0.05) is 24.4 Å². The van der Waals surface area contributed by atoms with Gasteiger partial charge in [-0.05, 0) is 49.6 Å². The van der Waals surface area contributed by atoms with Crippen LogP contribution in [0.15, 0.2) is 53.7 Å². The van der Waals surface area contributed by atoms with Crippen molar-refractivity contribution in [3.8, 4) is 17.2 Å². The molecule has 0 radical (unpaired) electrons. The van der Waals surface area contributed by atoms with E-state index >= 15 is 0 Å². The summed E-state index contributed by atoms with van der Waals surface area (Å²) in [6.45, 7) is 2.53. The van der Waals surface area contributed by atoms with E-state index in [1.807, 2.05) is 60.0 Å². The second kappa shape index (κ2) is 11.4. The molecule has 1 N–H and O–H groups in total. The van der Waals surface area contributed by atoms with Crippen molar-refractivity contribution in [2.24, 2.45) is 0 Å². The highest BCUT2D eigenvalue weighted by Crippen LogP contribution is 2.27. The molecule has 0 saturated carbocycles. The molecule has 0 aliphatic carbocycles. The molecule has 3 aromatic rings. The third-order valence-corrected chi connectivity index (χ3v) is 5.79. The zero-order valence-electron chi connectivity index (χ0n) is 18.1. The molecule has 3 rings (SSSR count).